The fourth-order valence-corrected chi connectivity index (χ4v) is 4.54. The zero-order valence-electron chi connectivity index (χ0n) is 16.9. The first kappa shape index (κ1) is 22.3. The molecule has 0 amide bonds. The van der Waals surface area contributed by atoms with Gasteiger partial charge in [-0.2, -0.15) is 13.2 Å². The molecule has 4 nitrogen and oxygen atoms in total. The maximum atomic E-state index is 13.3. The van der Waals surface area contributed by atoms with Crippen molar-refractivity contribution in [2.45, 2.75) is 50.1 Å². The third kappa shape index (κ3) is 5.22. The summed E-state index contributed by atoms with van der Waals surface area (Å²) in [6.07, 6.45) is -1.31. The number of halogens is 3. The highest BCUT2D eigenvalue weighted by Crippen LogP contribution is 2.39. The van der Waals surface area contributed by atoms with Crippen molar-refractivity contribution >= 4 is 29.3 Å². The Hall–Kier alpha value is -2.35. The standard InChI is InChI=1S/C22H25F3N2O2S/c1-14(2)17-8-6-15(21(28)29)12-20(17)30-26-18-13-16(22(23,24)25)7-9-19(18)27-10-4-3-5-11-27/h6-9,12-14,26H,3-5,10-11H2,1-2H3,(H,28,29). The fourth-order valence-electron chi connectivity index (χ4n) is 3.55. The van der Waals surface area contributed by atoms with Crippen LogP contribution < -0.4 is 9.62 Å². The van der Waals surface area contributed by atoms with E-state index in [-0.39, 0.29) is 11.5 Å². The van der Waals surface area contributed by atoms with E-state index in [0.717, 1.165) is 67.7 Å². The highest BCUT2D eigenvalue weighted by atomic mass is 32.2. The zero-order valence-corrected chi connectivity index (χ0v) is 17.7. The summed E-state index contributed by atoms with van der Waals surface area (Å²) in [5.41, 5.74) is 1.48. The number of piperidine rings is 1. The first-order valence-electron chi connectivity index (χ1n) is 9.93. The van der Waals surface area contributed by atoms with Gasteiger partial charge in [0.2, 0.25) is 0 Å². The Morgan fingerprint density at radius 2 is 1.80 bits per heavy atom. The third-order valence-corrected chi connectivity index (χ3v) is 6.07. The largest absolute Gasteiger partial charge is 0.478 e. The molecule has 2 aromatic rings. The summed E-state index contributed by atoms with van der Waals surface area (Å²) in [4.78, 5) is 14.2. The van der Waals surface area contributed by atoms with Crippen LogP contribution in [0.3, 0.4) is 0 Å². The average molecular weight is 439 g/mol. The average Bonchev–Trinajstić information content (AvgIpc) is 2.71. The van der Waals surface area contributed by atoms with E-state index in [2.05, 4.69) is 9.62 Å². The lowest BCUT2D eigenvalue weighted by Gasteiger charge is -2.31. The molecule has 0 saturated carbocycles. The van der Waals surface area contributed by atoms with Crippen molar-refractivity contribution in [1.29, 1.82) is 0 Å². The maximum Gasteiger partial charge on any atom is 0.416 e. The predicted octanol–water partition coefficient (Wildman–Crippen LogP) is 6.64. The van der Waals surface area contributed by atoms with Gasteiger partial charge in [0.05, 0.1) is 22.5 Å². The van der Waals surface area contributed by atoms with Crippen molar-refractivity contribution in [2.24, 2.45) is 0 Å². The molecule has 0 bridgehead atoms. The molecule has 0 radical (unpaired) electrons. The van der Waals surface area contributed by atoms with Gasteiger partial charge in [0.1, 0.15) is 0 Å². The Morgan fingerprint density at radius 1 is 1.10 bits per heavy atom. The minimum absolute atomic E-state index is 0.139. The van der Waals surface area contributed by atoms with Crippen LogP contribution >= 0.6 is 11.9 Å². The van der Waals surface area contributed by atoms with Gasteiger partial charge < -0.3 is 14.7 Å². The van der Waals surface area contributed by atoms with E-state index in [0.29, 0.717) is 10.6 Å². The van der Waals surface area contributed by atoms with E-state index >= 15 is 0 Å². The topological polar surface area (TPSA) is 52.6 Å². The summed E-state index contributed by atoms with van der Waals surface area (Å²) >= 11 is 1.15. The van der Waals surface area contributed by atoms with Gasteiger partial charge in [-0.25, -0.2) is 4.79 Å². The number of alkyl halides is 3. The number of rotatable bonds is 6. The molecule has 1 saturated heterocycles. The molecule has 2 aromatic carbocycles. The number of carboxylic acids is 1. The molecule has 1 fully saturated rings. The van der Waals surface area contributed by atoms with Gasteiger partial charge in [-0.3, -0.25) is 0 Å². The van der Waals surface area contributed by atoms with Gasteiger partial charge in [0.25, 0.3) is 0 Å². The van der Waals surface area contributed by atoms with Crippen LogP contribution in [0.1, 0.15) is 60.5 Å². The molecule has 2 N–H and O–H groups in total. The summed E-state index contributed by atoms with van der Waals surface area (Å²) in [5, 5.41) is 9.30. The fraction of sp³-hybridized carbons (Fsp3) is 0.409. The Bertz CT molecular complexity index is 910. The van der Waals surface area contributed by atoms with Gasteiger partial charge in [-0.15, -0.1) is 0 Å². The molecular formula is C22H25F3N2O2S. The summed E-state index contributed by atoms with van der Waals surface area (Å²) in [6, 6.07) is 8.63. The quantitative estimate of drug-likeness (QED) is 0.496. The number of anilines is 2. The van der Waals surface area contributed by atoms with E-state index in [9.17, 15) is 23.1 Å². The number of nitrogens with one attached hydrogen (secondary N) is 1. The van der Waals surface area contributed by atoms with E-state index < -0.39 is 17.7 Å². The number of aromatic carboxylic acids is 1. The Labute approximate surface area is 178 Å². The third-order valence-electron chi connectivity index (χ3n) is 5.17. The first-order valence-corrected chi connectivity index (χ1v) is 10.7. The molecule has 1 heterocycles. The van der Waals surface area contributed by atoms with Gasteiger partial charge in [0, 0.05) is 18.0 Å². The molecule has 1 aliphatic heterocycles. The van der Waals surface area contributed by atoms with E-state index in [4.69, 9.17) is 0 Å². The lowest BCUT2D eigenvalue weighted by Crippen LogP contribution is -2.30. The molecule has 1 aliphatic rings. The van der Waals surface area contributed by atoms with Crippen LogP contribution in [0.15, 0.2) is 41.3 Å². The lowest BCUT2D eigenvalue weighted by molar-refractivity contribution is -0.137. The minimum atomic E-state index is -4.44. The Morgan fingerprint density at radius 3 is 2.40 bits per heavy atom. The van der Waals surface area contributed by atoms with Crippen LogP contribution in [0.5, 0.6) is 0 Å². The summed E-state index contributed by atoms with van der Waals surface area (Å²) in [7, 11) is 0. The van der Waals surface area contributed by atoms with Crippen molar-refractivity contribution in [3.63, 3.8) is 0 Å². The second kappa shape index (κ2) is 9.20. The molecule has 0 spiro atoms. The molecule has 162 valence electrons. The van der Waals surface area contributed by atoms with Gasteiger partial charge in [-0.05, 0) is 73.0 Å². The van der Waals surface area contributed by atoms with Gasteiger partial charge in [0.15, 0.2) is 0 Å². The van der Waals surface area contributed by atoms with Crippen molar-refractivity contribution in [3.8, 4) is 0 Å². The molecule has 0 atom stereocenters. The summed E-state index contributed by atoms with van der Waals surface area (Å²) in [5.74, 6) is -0.902. The molecule has 30 heavy (non-hydrogen) atoms. The van der Waals surface area contributed by atoms with Crippen molar-refractivity contribution in [2.75, 3.05) is 22.7 Å². The van der Waals surface area contributed by atoms with E-state index in [1.165, 1.54) is 6.07 Å². The second-order valence-corrected chi connectivity index (χ2v) is 8.54. The Kier molecular flexibility index (Phi) is 6.85. The zero-order chi connectivity index (χ0) is 21.9. The van der Waals surface area contributed by atoms with Crippen LogP contribution in [0.4, 0.5) is 24.5 Å². The SMILES string of the molecule is CC(C)c1ccc(C(=O)O)cc1SNc1cc(C(F)(F)F)ccc1N1CCCCC1. The summed E-state index contributed by atoms with van der Waals surface area (Å²) < 4.78 is 43.0. The van der Waals surface area contributed by atoms with Gasteiger partial charge >= 0.3 is 12.1 Å². The summed E-state index contributed by atoms with van der Waals surface area (Å²) in [6.45, 7) is 5.58. The van der Waals surface area contributed by atoms with E-state index in [1.54, 1.807) is 18.2 Å². The second-order valence-electron chi connectivity index (χ2n) is 7.69. The number of hydrogen-bond donors (Lipinski definition) is 2. The van der Waals surface area contributed by atoms with Crippen LogP contribution in [0.25, 0.3) is 0 Å². The number of benzene rings is 2. The Balaban J connectivity index is 1.95. The van der Waals surface area contributed by atoms with Gasteiger partial charge in [-0.1, -0.05) is 19.9 Å². The van der Waals surface area contributed by atoms with Crippen LogP contribution in [0.2, 0.25) is 0 Å². The molecule has 8 heteroatoms. The first-order chi connectivity index (χ1) is 14.2. The van der Waals surface area contributed by atoms with Crippen LogP contribution in [-0.2, 0) is 6.18 Å². The van der Waals surface area contributed by atoms with Crippen molar-refractivity contribution < 1.29 is 23.1 Å². The van der Waals surface area contributed by atoms with Crippen molar-refractivity contribution in [3.05, 3.63) is 53.1 Å². The normalized spacial score (nSPS) is 14.8. The molecule has 0 aromatic heterocycles. The van der Waals surface area contributed by atoms with Crippen LogP contribution in [-0.4, -0.2) is 24.2 Å². The lowest BCUT2D eigenvalue weighted by atomic mass is 10.0. The number of hydrogen-bond acceptors (Lipinski definition) is 4. The molecule has 3 rings (SSSR count). The number of carboxylic acid groups (broad SMARTS) is 1. The highest BCUT2D eigenvalue weighted by molar-refractivity contribution is 8.00. The number of nitrogens with zero attached hydrogens (tertiary/aromatic N) is 1. The molecule has 0 unspecified atom stereocenters. The predicted molar refractivity (Wildman–Crippen MR) is 114 cm³/mol. The molecular weight excluding hydrogens is 413 g/mol. The van der Waals surface area contributed by atoms with Crippen molar-refractivity contribution in [1.82, 2.24) is 0 Å². The smallest absolute Gasteiger partial charge is 0.416 e. The highest BCUT2D eigenvalue weighted by Gasteiger charge is 2.31. The minimum Gasteiger partial charge on any atom is -0.478 e. The number of carbonyl (C=O) groups is 1. The maximum absolute atomic E-state index is 13.3. The van der Waals surface area contributed by atoms with Crippen LogP contribution in [0, 0.1) is 0 Å². The molecule has 0 aliphatic carbocycles. The van der Waals surface area contributed by atoms with E-state index in [1.807, 2.05) is 13.8 Å². The monoisotopic (exact) mass is 438 g/mol.